The van der Waals surface area contributed by atoms with Gasteiger partial charge in [0.1, 0.15) is 11.7 Å². The summed E-state index contributed by atoms with van der Waals surface area (Å²) in [5, 5.41) is 0.416. The molecule has 9 heteroatoms. The van der Waals surface area contributed by atoms with Gasteiger partial charge in [-0.3, -0.25) is 4.90 Å². The van der Waals surface area contributed by atoms with Crippen molar-refractivity contribution < 1.29 is 22.7 Å². The van der Waals surface area contributed by atoms with Crippen LogP contribution in [0, 0.1) is 0 Å². The topological polar surface area (TPSA) is 54.3 Å². The van der Waals surface area contributed by atoms with E-state index >= 15 is 0 Å². The highest BCUT2D eigenvalue weighted by molar-refractivity contribution is 6.30. The van der Waals surface area contributed by atoms with Crippen LogP contribution >= 0.6 is 11.6 Å². The van der Waals surface area contributed by atoms with Crippen molar-refractivity contribution in [2.45, 2.75) is 18.8 Å². The molecule has 1 atom stereocenters. The average Bonchev–Trinajstić information content (AvgIpc) is 2.60. The molecule has 26 heavy (non-hydrogen) atoms. The minimum Gasteiger partial charge on any atom is -0.465 e. The lowest BCUT2D eigenvalue weighted by molar-refractivity contribution is -0.202. The van der Waals surface area contributed by atoms with Gasteiger partial charge in [0.25, 0.3) is 0 Å². The molecular formula is C17H13ClF3N3O2. The van der Waals surface area contributed by atoms with Gasteiger partial charge in [0.2, 0.25) is 0 Å². The molecule has 0 saturated carbocycles. The van der Waals surface area contributed by atoms with Crippen molar-refractivity contribution in [3.63, 3.8) is 0 Å². The molecule has 2 aliphatic rings. The fourth-order valence-corrected chi connectivity index (χ4v) is 2.71. The summed E-state index contributed by atoms with van der Waals surface area (Å²) in [6, 6.07) is 6.08. The molecule has 0 fully saturated rings. The molecule has 0 radical (unpaired) electrons. The van der Waals surface area contributed by atoms with Gasteiger partial charge in [-0.25, -0.2) is 14.8 Å². The van der Waals surface area contributed by atoms with Gasteiger partial charge in [-0.15, -0.1) is 0 Å². The molecule has 0 spiro atoms. The number of halogens is 4. The Morgan fingerprint density at radius 3 is 2.38 bits per heavy atom. The van der Waals surface area contributed by atoms with Gasteiger partial charge in [0, 0.05) is 16.8 Å². The van der Waals surface area contributed by atoms with Crippen molar-refractivity contribution in [1.82, 2.24) is 4.90 Å². The Morgan fingerprint density at radius 1 is 1.19 bits per heavy atom. The van der Waals surface area contributed by atoms with Crippen LogP contribution in [0.3, 0.4) is 0 Å². The summed E-state index contributed by atoms with van der Waals surface area (Å²) in [5.74, 6) is -1.72. The van der Waals surface area contributed by atoms with Crippen molar-refractivity contribution >= 4 is 29.2 Å². The first kappa shape index (κ1) is 18.2. The minimum atomic E-state index is -5.09. The highest BCUT2D eigenvalue weighted by Crippen LogP contribution is 2.40. The summed E-state index contributed by atoms with van der Waals surface area (Å²) >= 11 is 5.86. The number of benzene rings is 1. The maximum absolute atomic E-state index is 13.9. The number of allylic oxidation sites excluding steroid dienone is 2. The van der Waals surface area contributed by atoms with Crippen molar-refractivity contribution in [3.05, 3.63) is 58.8 Å². The summed E-state index contributed by atoms with van der Waals surface area (Å²) in [6.45, 7) is 1.60. The second-order valence-corrected chi connectivity index (χ2v) is 6.04. The number of carbonyl (C=O) groups excluding carboxylic acids is 1. The SMILES string of the molecule is COC(=O)[C@@]1(C(F)(F)F)N=C2C(C)=CC=CN2C(c2ccc(Cl)cc2)=N1. The number of aliphatic imine (C=N–C) groups is 2. The summed E-state index contributed by atoms with van der Waals surface area (Å²) in [4.78, 5) is 20.9. The van der Waals surface area contributed by atoms with E-state index in [-0.39, 0.29) is 11.7 Å². The molecule has 0 aromatic heterocycles. The fraction of sp³-hybridized carbons (Fsp3) is 0.235. The van der Waals surface area contributed by atoms with Crippen LogP contribution < -0.4 is 0 Å². The van der Waals surface area contributed by atoms with Crippen LogP contribution in [-0.2, 0) is 9.53 Å². The first-order chi connectivity index (χ1) is 12.2. The number of hydrogen-bond donors (Lipinski definition) is 0. The van der Waals surface area contributed by atoms with E-state index in [4.69, 9.17) is 11.6 Å². The second kappa shape index (κ2) is 6.28. The number of ether oxygens (including phenoxy) is 1. The normalized spacial score (nSPS) is 22.2. The molecule has 2 aliphatic heterocycles. The van der Waals surface area contributed by atoms with Crippen LogP contribution in [0.5, 0.6) is 0 Å². The number of nitrogens with zero attached hydrogens (tertiary/aromatic N) is 3. The zero-order valence-electron chi connectivity index (χ0n) is 13.7. The number of rotatable bonds is 2. The number of amidine groups is 2. The molecule has 1 aromatic carbocycles. The molecule has 1 aromatic rings. The number of methoxy groups -OCH3 is 1. The highest BCUT2D eigenvalue weighted by atomic mass is 35.5. The van der Waals surface area contributed by atoms with E-state index in [0.29, 0.717) is 16.2 Å². The maximum Gasteiger partial charge on any atom is 0.445 e. The molecular weight excluding hydrogens is 371 g/mol. The summed E-state index contributed by atoms with van der Waals surface area (Å²) in [7, 11) is 0.864. The van der Waals surface area contributed by atoms with Crippen molar-refractivity contribution in [3.8, 4) is 0 Å². The van der Waals surface area contributed by atoms with E-state index in [1.165, 1.54) is 35.4 Å². The Morgan fingerprint density at radius 2 is 1.81 bits per heavy atom. The number of carbonyl (C=O) groups is 1. The van der Waals surface area contributed by atoms with Gasteiger partial charge in [-0.1, -0.05) is 17.7 Å². The first-order valence-corrected chi connectivity index (χ1v) is 7.83. The smallest absolute Gasteiger partial charge is 0.445 e. The molecule has 0 bridgehead atoms. The lowest BCUT2D eigenvalue weighted by Crippen LogP contribution is -2.56. The van der Waals surface area contributed by atoms with Crippen LogP contribution in [0.15, 0.2) is 58.2 Å². The van der Waals surface area contributed by atoms with Gasteiger partial charge < -0.3 is 4.74 Å². The quantitative estimate of drug-likeness (QED) is 0.732. The van der Waals surface area contributed by atoms with Gasteiger partial charge >= 0.3 is 17.8 Å². The zero-order valence-corrected chi connectivity index (χ0v) is 14.5. The Kier molecular flexibility index (Phi) is 4.39. The molecule has 3 rings (SSSR count). The summed E-state index contributed by atoms with van der Waals surface area (Å²) in [5.41, 5.74) is -2.58. The fourth-order valence-electron chi connectivity index (χ4n) is 2.59. The molecule has 0 aliphatic carbocycles. The molecule has 5 nitrogen and oxygen atoms in total. The third-order valence-corrected chi connectivity index (χ3v) is 4.15. The standard InChI is InChI=1S/C17H13ClF3N3O2/c1-10-4-3-9-24-13(10)22-16(15(25)26-2,17(19,20)21)23-14(24)11-5-7-12(18)8-6-11/h3-9H,1-2H3/t16-/m1/s1. The van der Waals surface area contributed by atoms with Gasteiger partial charge in [0.05, 0.1) is 7.11 Å². The third kappa shape index (κ3) is 2.80. The van der Waals surface area contributed by atoms with Crippen LogP contribution in [-0.4, -0.2) is 41.5 Å². The third-order valence-electron chi connectivity index (χ3n) is 3.89. The van der Waals surface area contributed by atoms with Crippen LogP contribution in [0.25, 0.3) is 0 Å². The van der Waals surface area contributed by atoms with Gasteiger partial charge in [-0.05, 0) is 42.8 Å². The van der Waals surface area contributed by atoms with Crippen molar-refractivity contribution in [2.75, 3.05) is 7.11 Å². The predicted molar refractivity (Wildman–Crippen MR) is 91.0 cm³/mol. The number of esters is 1. The molecule has 0 amide bonds. The maximum atomic E-state index is 13.9. The molecule has 0 unspecified atom stereocenters. The highest BCUT2D eigenvalue weighted by Gasteiger charge is 2.65. The van der Waals surface area contributed by atoms with Crippen LogP contribution in [0.1, 0.15) is 12.5 Å². The predicted octanol–water partition coefficient (Wildman–Crippen LogP) is 3.71. The molecule has 136 valence electrons. The van der Waals surface area contributed by atoms with E-state index in [2.05, 4.69) is 14.7 Å². The zero-order chi connectivity index (χ0) is 19.1. The summed E-state index contributed by atoms with van der Waals surface area (Å²) < 4.78 is 46.0. The van der Waals surface area contributed by atoms with E-state index in [9.17, 15) is 18.0 Å². The van der Waals surface area contributed by atoms with E-state index in [0.717, 1.165) is 7.11 Å². The van der Waals surface area contributed by atoms with Crippen molar-refractivity contribution in [2.24, 2.45) is 9.98 Å². The van der Waals surface area contributed by atoms with Crippen molar-refractivity contribution in [1.29, 1.82) is 0 Å². The Hall–Kier alpha value is -2.61. The van der Waals surface area contributed by atoms with Gasteiger partial charge in [-0.2, -0.15) is 13.2 Å². The lowest BCUT2D eigenvalue weighted by atomic mass is 10.0. The first-order valence-electron chi connectivity index (χ1n) is 7.45. The van der Waals surface area contributed by atoms with E-state index in [1.807, 2.05) is 0 Å². The number of alkyl halides is 3. The van der Waals surface area contributed by atoms with Crippen LogP contribution in [0.2, 0.25) is 5.02 Å². The van der Waals surface area contributed by atoms with E-state index < -0.39 is 17.8 Å². The minimum absolute atomic E-state index is 0.0322. The molecule has 0 saturated heterocycles. The van der Waals surface area contributed by atoms with E-state index in [1.54, 1.807) is 19.1 Å². The van der Waals surface area contributed by atoms with Crippen LogP contribution in [0.4, 0.5) is 13.2 Å². The average molecular weight is 384 g/mol. The summed E-state index contributed by atoms with van der Waals surface area (Å²) in [6.07, 6.45) is -0.313. The Bertz CT molecular complexity index is 872. The Labute approximate surface area is 152 Å². The Balaban J connectivity index is 2.29. The van der Waals surface area contributed by atoms with Gasteiger partial charge in [0.15, 0.2) is 0 Å². The monoisotopic (exact) mass is 383 g/mol. The molecule has 0 N–H and O–H groups in total. The number of fused-ring (bicyclic) bond motifs is 1. The number of hydrogen-bond acceptors (Lipinski definition) is 5. The largest absolute Gasteiger partial charge is 0.465 e. The lowest BCUT2D eigenvalue weighted by Gasteiger charge is -2.37. The molecule has 2 heterocycles. The second-order valence-electron chi connectivity index (χ2n) is 5.60.